The van der Waals surface area contributed by atoms with Gasteiger partial charge < -0.3 is 5.32 Å². The molecule has 2 aliphatic heterocycles. The Morgan fingerprint density at radius 1 is 1.15 bits per heavy atom. The zero-order valence-electron chi connectivity index (χ0n) is 11.7. The minimum absolute atomic E-state index is 0.00881. The zero-order chi connectivity index (χ0) is 14.6. The SMILES string of the molecule is O=S1(=O)CCC(S(=O)(=O)NCCC2CCCNC2)CC1. The van der Waals surface area contributed by atoms with Gasteiger partial charge in [0.15, 0.2) is 0 Å². The molecule has 1 unspecified atom stereocenters. The first kappa shape index (κ1) is 16.2. The average Bonchev–Trinajstić information content (AvgIpc) is 2.39. The van der Waals surface area contributed by atoms with Gasteiger partial charge in [-0.2, -0.15) is 0 Å². The molecule has 0 spiro atoms. The van der Waals surface area contributed by atoms with Crippen molar-refractivity contribution >= 4 is 19.9 Å². The zero-order valence-corrected chi connectivity index (χ0v) is 13.3. The summed E-state index contributed by atoms with van der Waals surface area (Å²) in [7, 11) is -6.38. The molecule has 0 radical (unpaired) electrons. The van der Waals surface area contributed by atoms with Crippen LogP contribution in [0.3, 0.4) is 0 Å². The van der Waals surface area contributed by atoms with Crippen molar-refractivity contribution < 1.29 is 16.8 Å². The van der Waals surface area contributed by atoms with E-state index in [1.165, 1.54) is 0 Å². The predicted octanol–water partition coefficient (Wildman–Crippen LogP) is -0.127. The Kier molecular flexibility index (Phi) is 5.44. The topological polar surface area (TPSA) is 92.3 Å². The Bertz CT molecular complexity index is 496. The standard InChI is InChI=1S/C12H24N2O4S2/c15-19(16)8-4-12(5-9-19)20(17,18)14-7-3-11-2-1-6-13-10-11/h11-14H,1-10H2. The van der Waals surface area contributed by atoms with Gasteiger partial charge in [-0.25, -0.2) is 21.6 Å². The van der Waals surface area contributed by atoms with Crippen molar-refractivity contribution in [2.45, 2.75) is 37.4 Å². The second-order valence-electron chi connectivity index (χ2n) is 5.79. The minimum atomic E-state index is -3.37. The molecule has 6 nitrogen and oxygen atoms in total. The molecular formula is C12H24N2O4S2. The number of sulfone groups is 1. The summed E-state index contributed by atoms with van der Waals surface area (Å²) in [4.78, 5) is 0. The molecule has 8 heteroatoms. The maximum atomic E-state index is 12.1. The summed E-state index contributed by atoms with van der Waals surface area (Å²) >= 11 is 0. The van der Waals surface area contributed by atoms with Crippen LogP contribution in [0.15, 0.2) is 0 Å². The number of piperidine rings is 1. The first-order valence-electron chi connectivity index (χ1n) is 7.29. The van der Waals surface area contributed by atoms with Gasteiger partial charge in [0.1, 0.15) is 9.84 Å². The summed E-state index contributed by atoms with van der Waals surface area (Å²) in [6.07, 6.45) is 3.59. The minimum Gasteiger partial charge on any atom is -0.316 e. The number of hydrogen-bond donors (Lipinski definition) is 2. The first-order chi connectivity index (χ1) is 9.39. The van der Waals surface area contributed by atoms with Crippen LogP contribution >= 0.6 is 0 Å². The lowest BCUT2D eigenvalue weighted by atomic mass is 9.96. The highest BCUT2D eigenvalue weighted by molar-refractivity contribution is 7.92. The van der Waals surface area contributed by atoms with E-state index in [1.54, 1.807) is 0 Å². The van der Waals surface area contributed by atoms with Crippen LogP contribution in [0.2, 0.25) is 0 Å². The van der Waals surface area contributed by atoms with E-state index in [2.05, 4.69) is 10.0 Å². The molecule has 0 aromatic rings. The van der Waals surface area contributed by atoms with Crippen LogP contribution in [0.25, 0.3) is 0 Å². The van der Waals surface area contributed by atoms with E-state index in [9.17, 15) is 16.8 Å². The van der Waals surface area contributed by atoms with Gasteiger partial charge in [0.2, 0.25) is 10.0 Å². The number of rotatable bonds is 5. The molecule has 118 valence electrons. The average molecular weight is 324 g/mol. The summed E-state index contributed by atoms with van der Waals surface area (Å²) in [6.45, 7) is 2.47. The highest BCUT2D eigenvalue weighted by atomic mass is 32.2. The Balaban J connectivity index is 1.76. The normalized spacial score (nSPS) is 28.3. The third-order valence-corrected chi connectivity index (χ3v) is 7.87. The quantitative estimate of drug-likeness (QED) is 0.735. The van der Waals surface area contributed by atoms with Crippen LogP contribution in [0.5, 0.6) is 0 Å². The van der Waals surface area contributed by atoms with Crippen molar-refractivity contribution in [1.29, 1.82) is 0 Å². The summed E-state index contributed by atoms with van der Waals surface area (Å²) in [6, 6.07) is 0. The van der Waals surface area contributed by atoms with Gasteiger partial charge in [-0.15, -0.1) is 0 Å². The van der Waals surface area contributed by atoms with Gasteiger partial charge in [-0.1, -0.05) is 0 Å². The van der Waals surface area contributed by atoms with Crippen molar-refractivity contribution in [2.75, 3.05) is 31.1 Å². The van der Waals surface area contributed by atoms with E-state index < -0.39 is 25.1 Å². The molecule has 0 saturated carbocycles. The molecule has 0 aliphatic carbocycles. The fraction of sp³-hybridized carbons (Fsp3) is 1.00. The van der Waals surface area contributed by atoms with Crippen molar-refractivity contribution in [1.82, 2.24) is 10.0 Å². The summed E-state index contributed by atoms with van der Waals surface area (Å²) < 4.78 is 49.5. The van der Waals surface area contributed by atoms with E-state index in [-0.39, 0.29) is 24.3 Å². The molecule has 1 atom stereocenters. The monoisotopic (exact) mass is 324 g/mol. The van der Waals surface area contributed by atoms with Gasteiger partial charge in [0.05, 0.1) is 16.8 Å². The summed E-state index contributed by atoms with van der Waals surface area (Å²) in [5.74, 6) is 0.522. The van der Waals surface area contributed by atoms with Gasteiger partial charge >= 0.3 is 0 Å². The van der Waals surface area contributed by atoms with Gasteiger partial charge in [0, 0.05) is 6.54 Å². The highest BCUT2D eigenvalue weighted by Crippen LogP contribution is 2.19. The lowest BCUT2D eigenvalue weighted by Crippen LogP contribution is -2.41. The summed E-state index contributed by atoms with van der Waals surface area (Å²) in [5, 5.41) is 2.77. The molecule has 0 aromatic carbocycles. The van der Waals surface area contributed by atoms with Crippen molar-refractivity contribution in [2.24, 2.45) is 5.92 Å². The molecule has 0 amide bonds. The Morgan fingerprint density at radius 2 is 1.85 bits per heavy atom. The largest absolute Gasteiger partial charge is 0.316 e. The van der Waals surface area contributed by atoms with Crippen LogP contribution in [0, 0.1) is 5.92 Å². The van der Waals surface area contributed by atoms with Crippen LogP contribution in [-0.4, -0.2) is 53.2 Å². The van der Waals surface area contributed by atoms with Crippen LogP contribution < -0.4 is 10.0 Å². The first-order valence-corrected chi connectivity index (χ1v) is 10.7. The van der Waals surface area contributed by atoms with Crippen molar-refractivity contribution in [3.05, 3.63) is 0 Å². The second kappa shape index (κ2) is 6.72. The molecule has 0 aromatic heterocycles. The van der Waals surface area contributed by atoms with Crippen LogP contribution in [0.4, 0.5) is 0 Å². The highest BCUT2D eigenvalue weighted by Gasteiger charge is 2.32. The van der Waals surface area contributed by atoms with E-state index in [4.69, 9.17) is 0 Å². The Hall–Kier alpha value is -0.180. The molecule has 2 rings (SSSR count). The van der Waals surface area contributed by atoms with Crippen molar-refractivity contribution in [3.63, 3.8) is 0 Å². The number of nitrogens with one attached hydrogen (secondary N) is 2. The summed E-state index contributed by atoms with van der Waals surface area (Å²) in [5.41, 5.74) is 0. The second-order valence-corrected chi connectivity index (χ2v) is 10.1. The van der Waals surface area contributed by atoms with Gasteiger partial charge in [0.25, 0.3) is 0 Å². The van der Waals surface area contributed by atoms with E-state index in [0.29, 0.717) is 12.5 Å². The number of sulfonamides is 1. The molecular weight excluding hydrogens is 300 g/mol. The van der Waals surface area contributed by atoms with E-state index in [1.807, 2.05) is 0 Å². The molecule has 0 bridgehead atoms. The molecule has 2 N–H and O–H groups in total. The molecule has 2 saturated heterocycles. The smallest absolute Gasteiger partial charge is 0.214 e. The number of hydrogen-bond acceptors (Lipinski definition) is 5. The molecule has 20 heavy (non-hydrogen) atoms. The maximum Gasteiger partial charge on any atom is 0.214 e. The lowest BCUT2D eigenvalue weighted by Gasteiger charge is -2.24. The third-order valence-electron chi connectivity index (χ3n) is 4.20. The lowest BCUT2D eigenvalue weighted by molar-refractivity contribution is 0.358. The van der Waals surface area contributed by atoms with E-state index in [0.717, 1.165) is 32.4 Å². The third kappa shape index (κ3) is 4.68. The molecule has 2 aliphatic rings. The predicted molar refractivity (Wildman–Crippen MR) is 78.8 cm³/mol. The van der Waals surface area contributed by atoms with Gasteiger partial charge in [-0.05, 0) is 51.1 Å². The molecule has 2 heterocycles. The fourth-order valence-electron chi connectivity index (χ4n) is 2.87. The van der Waals surface area contributed by atoms with Gasteiger partial charge in [-0.3, -0.25) is 0 Å². The molecule has 2 fully saturated rings. The maximum absolute atomic E-state index is 12.1. The van der Waals surface area contributed by atoms with Crippen LogP contribution in [0.1, 0.15) is 32.1 Å². The Labute approximate surface area is 121 Å². The Morgan fingerprint density at radius 3 is 2.45 bits per heavy atom. The van der Waals surface area contributed by atoms with Crippen LogP contribution in [-0.2, 0) is 19.9 Å². The van der Waals surface area contributed by atoms with Crippen molar-refractivity contribution in [3.8, 4) is 0 Å². The fourth-order valence-corrected chi connectivity index (χ4v) is 6.16. The van der Waals surface area contributed by atoms with E-state index >= 15 is 0 Å².